The molecule has 3 amide bonds. The van der Waals surface area contributed by atoms with Crippen molar-refractivity contribution in [2.75, 3.05) is 13.1 Å². The topological polar surface area (TPSA) is 61.4 Å². The van der Waals surface area contributed by atoms with Gasteiger partial charge in [0.1, 0.15) is 0 Å². The van der Waals surface area contributed by atoms with Crippen LogP contribution in [-0.4, -0.2) is 42.0 Å². The van der Waals surface area contributed by atoms with Crippen molar-refractivity contribution in [2.24, 2.45) is 0 Å². The van der Waals surface area contributed by atoms with Crippen LogP contribution in [0.15, 0.2) is 30.3 Å². The van der Waals surface area contributed by atoms with E-state index in [1.54, 1.807) is 0 Å². The van der Waals surface area contributed by atoms with E-state index in [4.69, 9.17) is 0 Å². The number of rotatable bonds is 5. The van der Waals surface area contributed by atoms with Crippen LogP contribution in [0.5, 0.6) is 0 Å². The summed E-state index contributed by atoms with van der Waals surface area (Å²) in [6.07, 6.45) is 2.70. The van der Waals surface area contributed by atoms with Crippen LogP contribution in [0.25, 0.3) is 0 Å². The maximum absolute atomic E-state index is 12.8. The minimum atomic E-state index is -0.154. The summed E-state index contributed by atoms with van der Waals surface area (Å²) in [5.74, 6) is -0.0381. The Morgan fingerprint density at radius 1 is 1.28 bits per heavy atom. The van der Waals surface area contributed by atoms with E-state index in [0.717, 1.165) is 25.8 Å². The van der Waals surface area contributed by atoms with Gasteiger partial charge >= 0.3 is 6.03 Å². The van der Waals surface area contributed by atoms with Crippen molar-refractivity contribution in [3.8, 4) is 0 Å². The van der Waals surface area contributed by atoms with Gasteiger partial charge < -0.3 is 15.5 Å². The molecule has 5 heteroatoms. The molecule has 0 unspecified atom stereocenters. The van der Waals surface area contributed by atoms with Crippen LogP contribution in [0.1, 0.15) is 52.5 Å². The number of piperidine rings is 1. The van der Waals surface area contributed by atoms with Gasteiger partial charge in [0.15, 0.2) is 0 Å². The fourth-order valence-corrected chi connectivity index (χ4v) is 3.67. The molecule has 0 saturated carbocycles. The third-order valence-corrected chi connectivity index (χ3v) is 5.21. The van der Waals surface area contributed by atoms with Crippen molar-refractivity contribution < 1.29 is 9.59 Å². The highest BCUT2D eigenvalue weighted by molar-refractivity contribution is 5.76. The first-order valence-corrected chi connectivity index (χ1v) is 9.22. The Hall–Kier alpha value is -2.04. The third-order valence-electron chi connectivity index (χ3n) is 5.21. The van der Waals surface area contributed by atoms with Gasteiger partial charge in [0, 0.05) is 37.5 Å². The monoisotopic (exact) mass is 345 g/mol. The Morgan fingerprint density at radius 2 is 1.96 bits per heavy atom. The minimum absolute atomic E-state index is 0.0362. The Labute approximate surface area is 151 Å². The molecule has 1 heterocycles. The Balaban J connectivity index is 2.03. The molecular formula is C20H31N3O2. The molecule has 1 aliphatic rings. The van der Waals surface area contributed by atoms with Gasteiger partial charge in [-0.1, -0.05) is 51.1 Å². The number of amides is 3. The largest absolute Gasteiger partial charge is 0.352 e. The number of hydrogen-bond acceptors (Lipinski definition) is 2. The van der Waals surface area contributed by atoms with Gasteiger partial charge in [-0.3, -0.25) is 4.79 Å². The lowest BCUT2D eigenvalue weighted by molar-refractivity contribution is -0.119. The molecule has 1 aromatic carbocycles. The molecule has 2 rings (SSSR count). The van der Waals surface area contributed by atoms with Crippen LogP contribution in [-0.2, 0) is 10.2 Å². The van der Waals surface area contributed by atoms with Crippen molar-refractivity contribution in [1.82, 2.24) is 15.5 Å². The molecule has 0 aromatic heterocycles. The highest BCUT2D eigenvalue weighted by atomic mass is 16.2. The molecule has 1 aromatic rings. The fourth-order valence-electron chi connectivity index (χ4n) is 3.67. The van der Waals surface area contributed by atoms with Gasteiger partial charge in [-0.15, -0.1) is 0 Å². The Kier molecular flexibility index (Phi) is 6.45. The fraction of sp³-hybridized carbons (Fsp3) is 0.600. The zero-order valence-corrected chi connectivity index (χ0v) is 15.8. The van der Waals surface area contributed by atoms with Crippen LogP contribution in [0.2, 0.25) is 0 Å². The summed E-state index contributed by atoms with van der Waals surface area (Å²) >= 11 is 0. The van der Waals surface area contributed by atoms with E-state index in [0.29, 0.717) is 6.54 Å². The number of likely N-dealkylation sites (tertiary alicyclic amines) is 1. The second kappa shape index (κ2) is 8.37. The zero-order valence-electron chi connectivity index (χ0n) is 15.8. The predicted molar refractivity (Wildman–Crippen MR) is 100 cm³/mol. The molecule has 0 bridgehead atoms. The van der Waals surface area contributed by atoms with E-state index in [1.807, 2.05) is 23.1 Å². The number of urea groups is 1. The summed E-state index contributed by atoms with van der Waals surface area (Å²) in [4.78, 5) is 25.9. The first kappa shape index (κ1) is 19.3. The van der Waals surface area contributed by atoms with Crippen LogP contribution < -0.4 is 10.6 Å². The molecule has 0 aliphatic carbocycles. The van der Waals surface area contributed by atoms with Crippen LogP contribution in [0.4, 0.5) is 4.79 Å². The second-order valence-electron chi connectivity index (χ2n) is 7.48. The summed E-state index contributed by atoms with van der Waals surface area (Å²) < 4.78 is 0. The molecule has 2 N–H and O–H groups in total. The number of nitrogens with one attached hydrogen (secondary N) is 2. The third kappa shape index (κ3) is 4.97. The standard InChI is InChI=1S/C20H31N3O2/c1-5-18(20(3,4)16-10-7-6-8-11-16)22-19(25)23-13-9-12-17(14-23)21-15(2)24/h6-8,10-11,17-18H,5,9,12-14H2,1-4H3,(H,21,24)(H,22,25)/t17-,18-/m0/s1. The van der Waals surface area contributed by atoms with Gasteiger partial charge in [-0.25, -0.2) is 4.79 Å². The summed E-state index contributed by atoms with van der Waals surface area (Å²) in [5, 5.41) is 6.15. The molecule has 0 spiro atoms. The molecule has 25 heavy (non-hydrogen) atoms. The number of benzene rings is 1. The van der Waals surface area contributed by atoms with Gasteiger partial charge in [0.2, 0.25) is 5.91 Å². The number of hydrogen-bond donors (Lipinski definition) is 2. The normalized spacial score (nSPS) is 19.2. The highest BCUT2D eigenvalue weighted by Gasteiger charge is 2.33. The first-order chi connectivity index (χ1) is 11.8. The molecule has 0 radical (unpaired) electrons. The van der Waals surface area contributed by atoms with Crippen molar-refractivity contribution in [3.05, 3.63) is 35.9 Å². The Bertz CT molecular complexity index is 586. The lowest BCUT2D eigenvalue weighted by Crippen LogP contribution is -2.56. The smallest absolute Gasteiger partial charge is 0.317 e. The summed E-state index contributed by atoms with van der Waals surface area (Å²) in [5.41, 5.74) is 1.07. The van der Waals surface area contributed by atoms with Crippen molar-refractivity contribution in [2.45, 2.75) is 64.5 Å². The second-order valence-corrected chi connectivity index (χ2v) is 7.48. The summed E-state index contributed by atoms with van der Waals surface area (Å²) in [7, 11) is 0. The molecule has 2 atom stereocenters. The average molecular weight is 345 g/mol. The molecule has 1 fully saturated rings. The van der Waals surface area contributed by atoms with E-state index >= 15 is 0 Å². The molecule has 5 nitrogen and oxygen atoms in total. The van der Waals surface area contributed by atoms with Gasteiger partial charge in [0.05, 0.1) is 0 Å². The van der Waals surface area contributed by atoms with Crippen molar-refractivity contribution in [3.63, 3.8) is 0 Å². The molecular weight excluding hydrogens is 314 g/mol. The quantitative estimate of drug-likeness (QED) is 0.861. The summed E-state index contributed by atoms with van der Waals surface area (Å²) in [6, 6.07) is 10.4. The molecule has 1 saturated heterocycles. The highest BCUT2D eigenvalue weighted by Crippen LogP contribution is 2.29. The minimum Gasteiger partial charge on any atom is -0.352 e. The van der Waals surface area contributed by atoms with Gasteiger partial charge in [-0.2, -0.15) is 0 Å². The number of carbonyl (C=O) groups is 2. The van der Waals surface area contributed by atoms with Crippen LogP contribution in [0, 0.1) is 0 Å². The van der Waals surface area contributed by atoms with Crippen LogP contribution in [0.3, 0.4) is 0 Å². The molecule has 138 valence electrons. The van der Waals surface area contributed by atoms with E-state index < -0.39 is 0 Å². The predicted octanol–water partition coefficient (Wildman–Crippen LogP) is 3.05. The van der Waals surface area contributed by atoms with E-state index in [-0.39, 0.29) is 29.4 Å². The zero-order chi connectivity index (χ0) is 18.4. The maximum Gasteiger partial charge on any atom is 0.317 e. The SMILES string of the molecule is CC[C@H](NC(=O)N1CCC[C@H](NC(C)=O)C1)C(C)(C)c1ccccc1. The number of carbonyl (C=O) groups excluding carboxylic acids is 2. The molecule has 1 aliphatic heterocycles. The summed E-state index contributed by atoms with van der Waals surface area (Å²) in [6.45, 7) is 9.29. The first-order valence-electron chi connectivity index (χ1n) is 9.22. The maximum atomic E-state index is 12.8. The van der Waals surface area contributed by atoms with E-state index in [2.05, 4.69) is 43.5 Å². The van der Waals surface area contributed by atoms with Crippen molar-refractivity contribution in [1.29, 1.82) is 0 Å². The lowest BCUT2D eigenvalue weighted by Gasteiger charge is -2.38. The average Bonchev–Trinajstić information content (AvgIpc) is 2.59. The van der Waals surface area contributed by atoms with Crippen LogP contribution >= 0.6 is 0 Å². The number of nitrogens with zero attached hydrogens (tertiary/aromatic N) is 1. The Morgan fingerprint density at radius 3 is 2.56 bits per heavy atom. The van der Waals surface area contributed by atoms with E-state index in [9.17, 15) is 9.59 Å². The van der Waals surface area contributed by atoms with Gasteiger partial charge in [0.25, 0.3) is 0 Å². The van der Waals surface area contributed by atoms with E-state index in [1.165, 1.54) is 12.5 Å². The van der Waals surface area contributed by atoms with Gasteiger partial charge in [-0.05, 0) is 24.8 Å². The van der Waals surface area contributed by atoms with Crippen molar-refractivity contribution >= 4 is 11.9 Å². The lowest BCUT2D eigenvalue weighted by atomic mass is 9.76.